The Morgan fingerprint density at radius 2 is 1.97 bits per heavy atom. The average Bonchev–Trinajstić information content (AvgIpc) is 3.55. The molecule has 1 aliphatic carbocycles. The number of hydrogen-bond donors (Lipinski definition) is 3. The highest BCUT2D eigenvalue weighted by molar-refractivity contribution is 5.73. The highest BCUT2D eigenvalue weighted by Crippen LogP contribution is 2.38. The number of benzene rings is 2. The number of carbonyl (C=O) groups excluding carboxylic acids is 1. The fourth-order valence-electron chi connectivity index (χ4n) is 5.58. The monoisotopic (exact) mass is 534 g/mol. The van der Waals surface area contributed by atoms with E-state index in [9.17, 15) is 18.7 Å². The number of carbonyl (C=O) groups is 1. The van der Waals surface area contributed by atoms with Crippen LogP contribution < -0.4 is 10.6 Å². The minimum absolute atomic E-state index is 0.0762. The van der Waals surface area contributed by atoms with Gasteiger partial charge in [0.1, 0.15) is 11.6 Å². The predicted octanol–water partition coefficient (Wildman–Crippen LogP) is 4.04. The summed E-state index contributed by atoms with van der Waals surface area (Å²) >= 11 is 0. The lowest BCUT2D eigenvalue weighted by Gasteiger charge is -2.40. The van der Waals surface area contributed by atoms with Crippen molar-refractivity contribution in [1.82, 2.24) is 20.4 Å². The van der Waals surface area contributed by atoms with Crippen molar-refractivity contribution in [2.24, 2.45) is 7.05 Å². The van der Waals surface area contributed by atoms with Crippen molar-refractivity contribution in [2.45, 2.75) is 50.3 Å². The molecule has 39 heavy (non-hydrogen) atoms. The molecule has 9 heteroatoms. The Labute approximate surface area is 225 Å². The summed E-state index contributed by atoms with van der Waals surface area (Å²) in [5.41, 5.74) is 5.08. The summed E-state index contributed by atoms with van der Waals surface area (Å²) in [5, 5.41) is 22.2. The Kier molecular flexibility index (Phi) is 7.63. The van der Waals surface area contributed by atoms with Gasteiger partial charge in [0, 0.05) is 43.9 Å². The van der Waals surface area contributed by atoms with E-state index in [1.165, 1.54) is 19.1 Å². The summed E-state index contributed by atoms with van der Waals surface area (Å²) in [7, 11) is 1.91. The predicted molar refractivity (Wildman–Crippen MR) is 143 cm³/mol. The van der Waals surface area contributed by atoms with Gasteiger partial charge in [0.05, 0.1) is 30.4 Å². The molecule has 1 aliphatic rings. The zero-order valence-electron chi connectivity index (χ0n) is 22.0. The fourth-order valence-corrected chi connectivity index (χ4v) is 5.58. The average molecular weight is 535 g/mol. The molecule has 7 nitrogen and oxygen atoms in total. The quantitative estimate of drug-likeness (QED) is 0.302. The van der Waals surface area contributed by atoms with E-state index in [2.05, 4.69) is 27.9 Å². The second kappa shape index (κ2) is 11.1. The standard InChI is InChI=1S/C30H32F2N4O3/c1-19(37)34-28(12-20-10-25(31)14-26(32)11-20)29(38)16-33-30(8-6-27-23(15-30)17-36(2)35-27)24-5-3-4-21(13-24)22-7-9-39-18-22/h3-5,7,9-11,13-14,17-18,28-29,33,38H,6,8,12,15-16H2,1-2H3,(H,34,37). The normalized spacial score (nSPS) is 18.4. The lowest BCUT2D eigenvalue weighted by atomic mass is 9.75. The Morgan fingerprint density at radius 1 is 1.18 bits per heavy atom. The molecule has 0 spiro atoms. The number of aryl methyl sites for hydroxylation is 2. The summed E-state index contributed by atoms with van der Waals surface area (Å²) in [6.45, 7) is 1.50. The molecule has 2 aromatic carbocycles. The number of nitrogens with one attached hydrogen (secondary N) is 2. The molecule has 0 fully saturated rings. The van der Waals surface area contributed by atoms with Crippen LogP contribution in [0.15, 0.2) is 71.7 Å². The molecular weight excluding hydrogens is 502 g/mol. The first-order chi connectivity index (χ1) is 18.7. The second-order valence-corrected chi connectivity index (χ2v) is 10.4. The number of aromatic nitrogens is 2. The van der Waals surface area contributed by atoms with Gasteiger partial charge in [-0.15, -0.1) is 0 Å². The number of halogens is 2. The molecule has 2 heterocycles. The fraction of sp³-hybridized carbons (Fsp3) is 0.333. The van der Waals surface area contributed by atoms with Crippen molar-refractivity contribution in [1.29, 1.82) is 0 Å². The third-order valence-corrected chi connectivity index (χ3v) is 7.42. The molecule has 3 N–H and O–H groups in total. The SMILES string of the molecule is CC(=O)NC(Cc1cc(F)cc(F)c1)C(O)CNC1(c2cccc(-c3ccoc3)c2)CCc2nn(C)cc2C1. The highest BCUT2D eigenvalue weighted by Gasteiger charge is 2.38. The minimum Gasteiger partial charge on any atom is -0.472 e. The lowest BCUT2D eigenvalue weighted by molar-refractivity contribution is -0.120. The Morgan fingerprint density at radius 3 is 2.69 bits per heavy atom. The lowest BCUT2D eigenvalue weighted by Crippen LogP contribution is -2.54. The molecule has 5 rings (SSSR count). The molecule has 1 amide bonds. The molecule has 204 valence electrons. The summed E-state index contributed by atoms with van der Waals surface area (Å²) in [5.74, 6) is -1.74. The van der Waals surface area contributed by atoms with Crippen LogP contribution in [0, 0.1) is 11.6 Å². The Balaban J connectivity index is 1.42. The number of fused-ring (bicyclic) bond motifs is 1. The van der Waals surface area contributed by atoms with Gasteiger partial charge < -0.3 is 20.2 Å². The van der Waals surface area contributed by atoms with Crippen molar-refractivity contribution < 1.29 is 23.1 Å². The maximum atomic E-state index is 13.8. The Hall–Kier alpha value is -3.82. The third-order valence-electron chi connectivity index (χ3n) is 7.42. The summed E-state index contributed by atoms with van der Waals surface area (Å²) in [6, 6.07) is 12.6. The summed E-state index contributed by atoms with van der Waals surface area (Å²) in [4.78, 5) is 12.0. The maximum Gasteiger partial charge on any atom is 0.217 e. The van der Waals surface area contributed by atoms with E-state index in [0.29, 0.717) is 12.0 Å². The minimum atomic E-state index is -1.02. The van der Waals surface area contributed by atoms with Crippen LogP contribution in [-0.2, 0) is 36.6 Å². The van der Waals surface area contributed by atoms with Crippen LogP contribution in [0.3, 0.4) is 0 Å². The van der Waals surface area contributed by atoms with Gasteiger partial charge in [0.15, 0.2) is 0 Å². The number of amides is 1. The van der Waals surface area contributed by atoms with Crippen LogP contribution in [0.4, 0.5) is 8.78 Å². The first-order valence-electron chi connectivity index (χ1n) is 13.0. The third kappa shape index (κ3) is 6.10. The molecule has 3 unspecified atom stereocenters. The molecule has 2 aromatic heterocycles. The second-order valence-electron chi connectivity index (χ2n) is 10.4. The van der Waals surface area contributed by atoms with Crippen LogP contribution in [0.5, 0.6) is 0 Å². The van der Waals surface area contributed by atoms with E-state index in [1.54, 1.807) is 12.5 Å². The van der Waals surface area contributed by atoms with Gasteiger partial charge in [0.25, 0.3) is 0 Å². The maximum absolute atomic E-state index is 13.8. The van der Waals surface area contributed by atoms with Crippen LogP contribution >= 0.6 is 0 Å². The van der Waals surface area contributed by atoms with E-state index in [1.807, 2.05) is 36.1 Å². The van der Waals surface area contributed by atoms with Gasteiger partial charge in [-0.05, 0) is 72.2 Å². The van der Waals surface area contributed by atoms with E-state index in [-0.39, 0.29) is 18.9 Å². The van der Waals surface area contributed by atoms with Crippen LogP contribution in [0.2, 0.25) is 0 Å². The molecule has 0 aliphatic heterocycles. The van der Waals surface area contributed by atoms with Gasteiger partial charge in [-0.25, -0.2) is 8.78 Å². The number of furan rings is 1. The largest absolute Gasteiger partial charge is 0.472 e. The zero-order valence-corrected chi connectivity index (χ0v) is 22.0. The first kappa shape index (κ1) is 26.8. The number of nitrogens with zero attached hydrogens (tertiary/aromatic N) is 2. The van der Waals surface area contributed by atoms with Gasteiger partial charge in [-0.1, -0.05) is 18.2 Å². The van der Waals surface area contributed by atoms with E-state index in [0.717, 1.165) is 46.9 Å². The number of aliphatic hydroxyl groups excluding tert-OH is 1. The van der Waals surface area contributed by atoms with E-state index >= 15 is 0 Å². The molecule has 0 bridgehead atoms. The van der Waals surface area contributed by atoms with Gasteiger partial charge in [-0.2, -0.15) is 5.10 Å². The molecular formula is C30H32F2N4O3. The van der Waals surface area contributed by atoms with E-state index in [4.69, 9.17) is 4.42 Å². The van der Waals surface area contributed by atoms with Crippen molar-refractivity contribution in [3.63, 3.8) is 0 Å². The van der Waals surface area contributed by atoms with E-state index < -0.39 is 29.3 Å². The molecule has 0 radical (unpaired) electrons. The molecule has 4 aromatic rings. The zero-order chi connectivity index (χ0) is 27.6. The highest BCUT2D eigenvalue weighted by atomic mass is 19.1. The Bertz CT molecular complexity index is 1430. The first-order valence-corrected chi connectivity index (χ1v) is 13.0. The molecule has 3 atom stereocenters. The number of hydrogen-bond acceptors (Lipinski definition) is 5. The van der Waals surface area contributed by atoms with Gasteiger partial charge in [-0.3, -0.25) is 9.48 Å². The summed E-state index contributed by atoms with van der Waals surface area (Å²) in [6.07, 6.45) is 6.60. The van der Waals surface area contributed by atoms with Gasteiger partial charge in [0.2, 0.25) is 5.91 Å². The van der Waals surface area contributed by atoms with Crippen LogP contribution in [0.1, 0.15) is 35.7 Å². The number of rotatable bonds is 9. The van der Waals surface area contributed by atoms with Crippen LogP contribution in [-0.4, -0.2) is 39.5 Å². The van der Waals surface area contributed by atoms with Crippen molar-refractivity contribution >= 4 is 5.91 Å². The number of aliphatic hydroxyl groups is 1. The van der Waals surface area contributed by atoms with Crippen LogP contribution in [0.25, 0.3) is 11.1 Å². The topological polar surface area (TPSA) is 92.3 Å². The van der Waals surface area contributed by atoms with Gasteiger partial charge >= 0.3 is 0 Å². The summed E-state index contributed by atoms with van der Waals surface area (Å²) < 4.78 is 34.7. The molecule has 0 saturated heterocycles. The van der Waals surface area contributed by atoms with Crippen molar-refractivity contribution in [3.8, 4) is 11.1 Å². The molecule has 0 saturated carbocycles. The van der Waals surface area contributed by atoms with Crippen molar-refractivity contribution in [3.05, 3.63) is 101 Å². The smallest absolute Gasteiger partial charge is 0.217 e. The van der Waals surface area contributed by atoms with Crippen molar-refractivity contribution in [2.75, 3.05) is 6.54 Å².